The Kier molecular flexibility index (Phi) is 6.84. The lowest BCUT2D eigenvalue weighted by atomic mass is 9.84. The fraction of sp³-hybridized carbons (Fsp3) is 0.643. The van der Waals surface area contributed by atoms with Crippen molar-refractivity contribution in [3.8, 4) is 12.3 Å². The lowest BCUT2D eigenvalue weighted by Gasteiger charge is -2.23. The Hall–Kier alpha value is -1.83. The van der Waals surface area contributed by atoms with Crippen LogP contribution in [0.2, 0.25) is 0 Å². The minimum Gasteiger partial charge on any atom is -0.340 e. The third-order valence-electron chi connectivity index (χ3n) is 2.62. The largest absolute Gasteiger partial charge is 0.340 e. The van der Waals surface area contributed by atoms with Crippen molar-refractivity contribution < 1.29 is 19.2 Å². The van der Waals surface area contributed by atoms with Crippen LogP contribution in [0.15, 0.2) is 0 Å². The summed E-state index contributed by atoms with van der Waals surface area (Å²) in [5.74, 6) is 1.34. The van der Waals surface area contributed by atoms with Gasteiger partial charge in [0.15, 0.2) is 0 Å². The van der Waals surface area contributed by atoms with Crippen molar-refractivity contribution >= 4 is 17.7 Å². The van der Waals surface area contributed by atoms with Gasteiger partial charge in [-0.2, -0.15) is 5.48 Å². The summed E-state index contributed by atoms with van der Waals surface area (Å²) in [6.07, 6.45) is 5.86. The molecule has 19 heavy (non-hydrogen) atoms. The minimum absolute atomic E-state index is 0.00377. The van der Waals surface area contributed by atoms with Crippen LogP contribution in [0, 0.1) is 23.7 Å². The van der Waals surface area contributed by atoms with Crippen molar-refractivity contribution in [3.05, 3.63) is 0 Å². The van der Waals surface area contributed by atoms with Crippen LogP contribution in [-0.2, 0) is 19.2 Å². The van der Waals surface area contributed by atoms with Gasteiger partial charge in [0, 0.05) is 18.8 Å². The minimum atomic E-state index is -0.778. The average Bonchev–Trinajstić information content (AvgIpc) is 2.32. The first-order chi connectivity index (χ1) is 8.69. The summed E-state index contributed by atoms with van der Waals surface area (Å²) in [6, 6.07) is 0. The zero-order chi connectivity index (χ0) is 15.1. The quantitative estimate of drug-likeness (QED) is 0.586. The van der Waals surface area contributed by atoms with Gasteiger partial charge in [-0.15, -0.1) is 12.3 Å². The van der Waals surface area contributed by atoms with Gasteiger partial charge in [0.25, 0.3) is 5.91 Å². The van der Waals surface area contributed by atoms with Gasteiger partial charge in [-0.1, -0.05) is 6.92 Å². The highest BCUT2D eigenvalue weighted by molar-refractivity contribution is 5.84. The summed E-state index contributed by atoms with van der Waals surface area (Å²) in [5, 5.41) is 0. The van der Waals surface area contributed by atoms with E-state index in [4.69, 9.17) is 11.3 Å². The topological polar surface area (TPSA) is 72.5 Å². The first-order valence-electron chi connectivity index (χ1n) is 6.14. The number of carbonyl (C=O) groups is 3. The third-order valence-corrected chi connectivity index (χ3v) is 2.62. The van der Waals surface area contributed by atoms with Gasteiger partial charge in [-0.05, 0) is 27.2 Å². The zero-order valence-corrected chi connectivity index (χ0v) is 11.9. The normalized spacial score (nSPS) is 12.2. The van der Waals surface area contributed by atoms with E-state index in [1.165, 1.54) is 6.92 Å². The van der Waals surface area contributed by atoms with Crippen molar-refractivity contribution in [2.75, 3.05) is 0 Å². The summed E-state index contributed by atoms with van der Waals surface area (Å²) in [7, 11) is 0. The first kappa shape index (κ1) is 17.2. The molecule has 0 spiro atoms. The van der Waals surface area contributed by atoms with Crippen LogP contribution >= 0.6 is 0 Å². The Bertz CT molecular complexity index is 393. The molecule has 0 radical (unpaired) electrons. The van der Waals surface area contributed by atoms with Crippen molar-refractivity contribution in [3.63, 3.8) is 0 Å². The molecular formula is C14H21NO4. The number of rotatable bonds is 6. The van der Waals surface area contributed by atoms with Crippen molar-refractivity contribution in [2.45, 2.75) is 47.0 Å². The number of Topliss-reactive ketones (excluding diaryl/α,β-unsaturated/α-hetero) is 1. The summed E-state index contributed by atoms with van der Waals surface area (Å²) in [6.45, 7) is 6.62. The van der Waals surface area contributed by atoms with E-state index in [0.717, 1.165) is 0 Å². The molecule has 1 amide bonds. The van der Waals surface area contributed by atoms with Crippen LogP contribution < -0.4 is 5.48 Å². The Labute approximate surface area is 114 Å². The van der Waals surface area contributed by atoms with Gasteiger partial charge >= 0.3 is 5.97 Å². The van der Waals surface area contributed by atoms with Crippen molar-refractivity contribution in [1.82, 2.24) is 5.48 Å². The highest BCUT2D eigenvalue weighted by Crippen LogP contribution is 2.26. The molecule has 0 rings (SSSR count). The monoisotopic (exact) mass is 267 g/mol. The summed E-state index contributed by atoms with van der Waals surface area (Å²) < 4.78 is 0. The number of carbonyl (C=O) groups excluding carboxylic acids is 3. The molecule has 5 nitrogen and oxygen atoms in total. The molecule has 0 heterocycles. The van der Waals surface area contributed by atoms with Gasteiger partial charge in [-0.3, -0.25) is 4.79 Å². The highest BCUT2D eigenvalue weighted by Gasteiger charge is 2.31. The number of ketones is 1. The van der Waals surface area contributed by atoms with E-state index < -0.39 is 17.3 Å². The molecule has 0 aliphatic heterocycles. The van der Waals surface area contributed by atoms with E-state index in [1.54, 1.807) is 13.8 Å². The molecular weight excluding hydrogens is 246 g/mol. The fourth-order valence-corrected chi connectivity index (χ4v) is 1.49. The van der Waals surface area contributed by atoms with Crippen LogP contribution in [0.3, 0.4) is 0 Å². The third kappa shape index (κ3) is 7.24. The molecule has 1 unspecified atom stereocenters. The number of hydroxylamine groups is 1. The molecule has 1 N–H and O–H groups in total. The van der Waals surface area contributed by atoms with Crippen LogP contribution in [-0.4, -0.2) is 17.7 Å². The van der Waals surface area contributed by atoms with Gasteiger partial charge in [0.05, 0.1) is 5.41 Å². The second kappa shape index (κ2) is 7.57. The molecule has 0 aromatic heterocycles. The molecule has 0 aliphatic rings. The van der Waals surface area contributed by atoms with Gasteiger partial charge in [0.2, 0.25) is 0 Å². The lowest BCUT2D eigenvalue weighted by Crippen LogP contribution is -2.35. The molecule has 0 saturated carbocycles. The maximum Gasteiger partial charge on any atom is 0.337 e. The molecule has 0 saturated heterocycles. The predicted molar refractivity (Wildman–Crippen MR) is 70.5 cm³/mol. The number of hydrogen-bond acceptors (Lipinski definition) is 4. The average molecular weight is 267 g/mol. The molecule has 0 aromatic carbocycles. The summed E-state index contributed by atoms with van der Waals surface area (Å²) in [4.78, 5) is 38.5. The number of terminal acetylenes is 1. The predicted octanol–water partition coefficient (Wildman–Crippen LogP) is 1.62. The van der Waals surface area contributed by atoms with Crippen LogP contribution in [0.25, 0.3) is 0 Å². The smallest absolute Gasteiger partial charge is 0.337 e. The molecule has 5 heteroatoms. The van der Waals surface area contributed by atoms with E-state index in [9.17, 15) is 14.4 Å². The standard InChI is InChI=1S/C14H21NO4/c1-6-10(2)9-14(4,5)13(18)19-15-12(17)8-7-11(3)16/h1,10H,7-9H2,2-5H3,(H,15,17). The SMILES string of the molecule is C#CC(C)CC(C)(C)C(=O)ONC(=O)CCC(C)=O. The second-order valence-corrected chi connectivity index (χ2v) is 5.27. The fourth-order valence-electron chi connectivity index (χ4n) is 1.49. The molecule has 106 valence electrons. The molecule has 0 bridgehead atoms. The van der Waals surface area contributed by atoms with Gasteiger partial charge in [0.1, 0.15) is 5.78 Å². The number of amides is 1. The Morgan fingerprint density at radius 3 is 2.37 bits per heavy atom. The molecule has 0 aromatic rings. The van der Waals surface area contributed by atoms with E-state index in [1.807, 2.05) is 12.4 Å². The molecule has 0 aliphatic carbocycles. The Morgan fingerprint density at radius 2 is 1.89 bits per heavy atom. The Morgan fingerprint density at radius 1 is 1.32 bits per heavy atom. The number of hydrogen-bond donors (Lipinski definition) is 1. The Balaban J connectivity index is 4.19. The van der Waals surface area contributed by atoms with E-state index in [0.29, 0.717) is 6.42 Å². The summed E-state index contributed by atoms with van der Waals surface area (Å²) >= 11 is 0. The van der Waals surface area contributed by atoms with E-state index in [-0.39, 0.29) is 24.5 Å². The van der Waals surface area contributed by atoms with Gasteiger partial charge in [-0.25, -0.2) is 4.79 Å². The van der Waals surface area contributed by atoms with E-state index in [2.05, 4.69) is 5.92 Å². The maximum absolute atomic E-state index is 11.8. The summed E-state index contributed by atoms with van der Waals surface area (Å²) in [5.41, 5.74) is 1.26. The highest BCUT2D eigenvalue weighted by atomic mass is 16.7. The van der Waals surface area contributed by atoms with Crippen molar-refractivity contribution in [1.29, 1.82) is 0 Å². The van der Waals surface area contributed by atoms with E-state index >= 15 is 0 Å². The van der Waals surface area contributed by atoms with Crippen LogP contribution in [0.4, 0.5) is 0 Å². The lowest BCUT2D eigenvalue weighted by molar-refractivity contribution is -0.167. The molecule has 0 fully saturated rings. The number of nitrogens with one attached hydrogen (secondary N) is 1. The van der Waals surface area contributed by atoms with Gasteiger partial charge < -0.3 is 9.63 Å². The van der Waals surface area contributed by atoms with Crippen molar-refractivity contribution in [2.24, 2.45) is 11.3 Å². The maximum atomic E-state index is 11.8. The molecule has 1 atom stereocenters. The zero-order valence-electron chi connectivity index (χ0n) is 11.9. The second-order valence-electron chi connectivity index (χ2n) is 5.27. The van der Waals surface area contributed by atoms with Crippen LogP contribution in [0.5, 0.6) is 0 Å². The van der Waals surface area contributed by atoms with Crippen LogP contribution in [0.1, 0.15) is 47.0 Å². The first-order valence-corrected chi connectivity index (χ1v) is 6.14.